The van der Waals surface area contributed by atoms with Crippen LogP contribution in [0.1, 0.15) is 42.1 Å². The van der Waals surface area contributed by atoms with Gasteiger partial charge in [-0.1, -0.05) is 31.6 Å². The van der Waals surface area contributed by atoms with Crippen LogP contribution in [0.25, 0.3) is 0 Å². The second-order valence-electron chi connectivity index (χ2n) is 4.05. The third kappa shape index (κ3) is 5.03. The van der Waals surface area contributed by atoms with Crippen LogP contribution < -0.4 is 11.1 Å². The van der Waals surface area contributed by atoms with Crippen molar-refractivity contribution in [2.75, 3.05) is 13.1 Å². The summed E-state index contributed by atoms with van der Waals surface area (Å²) in [5, 5.41) is 2.90. The van der Waals surface area contributed by atoms with Gasteiger partial charge in [0.1, 0.15) is 0 Å². The summed E-state index contributed by atoms with van der Waals surface area (Å²) in [6.07, 6.45) is 3.33. The van der Waals surface area contributed by atoms with Crippen molar-refractivity contribution in [1.82, 2.24) is 5.32 Å². The van der Waals surface area contributed by atoms with E-state index >= 15 is 0 Å². The smallest absolute Gasteiger partial charge is 0.251 e. The first-order chi connectivity index (χ1) is 8.77. The molecule has 0 aliphatic heterocycles. The first-order valence-corrected chi connectivity index (χ1v) is 6.35. The molecule has 0 saturated heterocycles. The number of hydrogen-bond donors (Lipinski definition) is 2. The highest BCUT2D eigenvalue weighted by molar-refractivity contribution is 5.94. The lowest BCUT2D eigenvalue weighted by Crippen LogP contribution is -2.24. The first-order valence-electron chi connectivity index (χ1n) is 6.35. The molecule has 0 heterocycles. The number of unbranched alkanes of at least 4 members (excludes halogenated alkanes) is 2. The van der Waals surface area contributed by atoms with Crippen LogP contribution in [0.3, 0.4) is 0 Å². The van der Waals surface area contributed by atoms with Gasteiger partial charge in [0.15, 0.2) is 0 Å². The summed E-state index contributed by atoms with van der Waals surface area (Å²) in [6.45, 7) is 3.23. The van der Waals surface area contributed by atoms with E-state index in [4.69, 9.17) is 5.73 Å². The average Bonchev–Trinajstić information content (AvgIpc) is 2.41. The normalized spacial score (nSPS) is 9.44. The number of carbonyl (C=O) groups excluding carboxylic acids is 1. The fraction of sp³-hybridized carbons (Fsp3) is 0.400. The second-order valence-corrected chi connectivity index (χ2v) is 4.05. The highest BCUT2D eigenvalue weighted by Crippen LogP contribution is 2.03. The molecule has 0 aliphatic carbocycles. The molecule has 96 valence electrons. The van der Waals surface area contributed by atoms with Gasteiger partial charge in [-0.25, -0.2) is 0 Å². The quantitative estimate of drug-likeness (QED) is 0.614. The highest BCUT2D eigenvalue weighted by Gasteiger charge is 2.03. The van der Waals surface area contributed by atoms with Crippen LogP contribution >= 0.6 is 0 Å². The van der Waals surface area contributed by atoms with Crippen molar-refractivity contribution in [2.45, 2.75) is 26.2 Å². The summed E-state index contributed by atoms with van der Waals surface area (Å²) >= 11 is 0. The summed E-state index contributed by atoms with van der Waals surface area (Å²) in [4.78, 5) is 11.8. The molecule has 1 aromatic rings. The van der Waals surface area contributed by atoms with Crippen molar-refractivity contribution < 1.29 is 4.79 Å². The monoisotopic (exact) mass is 244 g/mol. The molecular formula is C15H20N2O. The minimum atomic E-state index is -0.0237. The van der Waals surface area contributed by atoms with Gasteiger partial charge in [-0.2, -0.15) is 0 Å². The molecule has 0 unspecified atom stereocenters. The van der Waals surface area contributed by atoms with E-state index in [1.807, 2.05) is 12.1 Å². The van der Waals surface area contributed by atoms with Gasteiger partial charge in [0, 0.05) is 17.7 Å². The van der Waals surface area contributed by atoms with E-state index < -0.39 is 0 Å². The summed E-state index contributed by atoms with van der Waals surface area (Å²) in [5.74, 6) is 5.68. The fourth-order valence-corrected chi connectivity index (χ4v) is 1.54. The van der Waals surface area contributed by atoms with Crippen LogP contribution in [-0.2, 0) is 0 Å². The highest BCUT2D eigenvalue weighted by atomic mass is 16.1. The van der Waals surface area contributed by atoms with Crippen molar-refractivity contribution in [3.8, 4) is 11.8 Å². The zero-order valence-electron chi connectivity index (χ0n) is 10.8. The number of nitrogens with one attached hydrogen (secondary N) is 1. The molecule has 1 rings (SSSR count). The van der Waals surface area contributed by atoms with Crippen LogP contribution in [-0.4, -0.2) is 19.0 Å². The maximum Gasteiger partial charge on any atom is 0.251 e. The minimum Gasteiger partial charge on any atom is -0.352 e. The fourth-order valence-electron chi connectivity index (χ4n) is 1.54. The Morgan fingerprint density at radius 3 is 2.61 bits per heavy atom. The summed E-state index contributed by atoms with van der Waals surface area (Å²) in [7, 11) is 0. The third-order valence-electron chi connectivity index (χ3n) is 2.55. The zero-order chi connectivity index (χ0) is 13.2. The molecule has 3 nitrogen and oxygen atoms in total. The molecule has 0 bridgehead atoms. The Labute approximate surface area is 109 Å². The summed E-state index contributed by atoms with van der Waals surface area (Å²) in [5.41, 5.74) is 6.85. The van der Waals surface area contributed by atoms with Crippen LogP contribution in [0, 0.1) is 11.8 Å². The van der Waals surface area contributed by atoms with Gasteiger partial charge < -0.3 is 11.1 Å². The molecule has 3 heteroatoms. The van der Waals surface area contributed by atoms with E-state index in [2.05, 4.69) is 24.1 Å². The molecular weight excluding hydrogens is 224 g/mol. The molecule has 0 spiro atoms. The summed E-state index contributed by atoms with van der Waals surface area (Å²) < 4.78 is 0. The van der Waals surface area contributed by atoms with Crippen molar-refractivity contribution in [3.63, 3.8) is 0 Å². The number of rotatable bonds is 5. The van der Waals surface area contributed by atoms with Crippen molar-refractivity contribution in [2.24, 2.45) is 5.73 Å². The number of hydrogen-bond acceptors (Lipinski definition) is 2. The topological polar surface area (TPSA) is 55.1 Å². The Bertz CT molecular complexity index is 426. The molecule has 0 radical (unpaired) electrons. The van der Waals surface area contributed by atoms with E-state index in [0.717, 1.165) is 31.4 Å². The van der Waals surface area contributed by atoms with Gasteiger partial charge in [-0.15, -0.1) is 0 Å². The van der Waals surface area contributed by atoms with Gasteiger partial charge in [-0.05, 0) is 30.7 Å². The number of nitrogens with two attached hydrogens (primary N) is 1. The van der Waals surface area contributed by atoms with Gasteiger partial charge in [-0.3, -0.25) is 4.79 Å². The maximum atomic E-state index is 11.8. The Kier molecular flexibility index (Phi) is 6.60. The summed E-state index contributed by atoms with van der Waals surface area (Å²) in [6, 6.07) is 7.25. The minimum absolute atomic E-state index is 0.0237. The van der Waals surface area contributed by atoms with E-state index in [1.54, 1.807) is 12.1 Å². The molecule has 0 atom stereocenters. The van der Waals surface area contributed by atoms with E-state index in [1.165, 1.54) is 0 Å². The van der Waals surface area contributed by atoms with Gasteiger partial charge in [0.25, 0.3) is 5.91 Å². The second kappa shape index (κ2) is 8.32. The Morgan fingerprint density at radius 1 is 1.28 bits per heavy atom. The lowest BCUT2D eigenvalue weighted by molar-refractivity contribution is 0.0953. The SMILES string of the molecule is CCCCCNC(=O)c1ccc(C#CCN)cc1. The van der Waals surface area contributed by atoms with E-state index in [0.29, 0.717) is 12.1 Å². The Balaban J connectivity index is 2.48. The lowest BCUT2D eigenvalue weighted by atomic mass is 10.1. The van der Waals surface area contributed by atoms with E-state index in [-0.39, 0.29) is 5.91 Å². The molecule has 1 amide bonds. The molecule has 3 N–H and O–H groups in total. The van der Waals surface area contributed by atoms with Crippen molar-refractivity contribution in [3.05, 3.63) is 35.4 Å². The number of carbonyl (C=O) groups is 1. The van der Waals surface area contributed by atoms with Gasteiger partial charge >= 0.3 is 0 Å². The molecule has 18 heavy (non-hydrogen) atoms. The Hall–Kier alpha value is -1.79. The van der Waals surface area contributed by atoms with Crippen LogP contribution in [0.5, 0.6) is 0 Å². The molecule has 1 aromatic carbocycles. The molecule has 0 aliphatic rings. The van der Waals surface area contributed by atoms with Crippen molar-refractivity contribution in [1.29, 1.82) is 0 Å². The van der Waals surface area contributed by atoms with Crippen LogP contribution in [0.15, 0.2) is 24.3 Å². The van der Waals surface area contributed by atoms with Gasteiger partial charge in [0.2, 0.25) is 0 Å². The van der Waals surface area contributed by atoms with Crippen LogP contribution in [0.4, 0.5) is 0 Å². The maximum absolute atomic E-state index is 11.8. The molecule has 0 fully saturated rings. The third-order valence-corrected chi connectivity index (χ3v) is 2.55. The standard InChI is InChI=1S/C15H20N2O/c1-2-3-4-12-17-15(18)14-9-7-13(8-10-14)6-5-11-16/h7-10H,2-4,11-12,16H2,1H3,(H,17,18). The first kappa shape index (κ1) is 14.3. The Morgan fingerprint density at radius 2 is 2.00 bits per heavy atom. The van der Waals surface area contributed by atoms with E-state index in [9.17, 15) is 4.79 Å². The number of benzene rings is 1. The number of amides is 1. The lowest BCUT2D eigenvalue weighted by Gasteiger charge is -2.04. The average molecular weight is 244 g/mol. The molecule has 0 aromatic heterocycles. The van der Waals surface area contributed by atoms with Crippen molar-refractivity contribution >= 4 is 5.91 Å². The van der Waals surface area contributed by atoms with Crippen LogP contribution in [0.2, 0.25) is 0 Å². The zero-order valence-corrected chi connectivity index (χ0v) is 10.8. The predicted octanol–water partition coefficient (Wildman–Crippen LogP) is 1.92. The molecule has 0 saturated carbocycles. The predicted molar refractivity (Wildman–Crippen MR) is 74.2 cm³/mol. The van der Waals surface area contributed by atoms with Gasteiger partial charge in [0.05, 0.1) is 6.54 Å². The largest absolute Gasteiger partial charge is 0.352 e.